The monoisotopic (exact) mass is 215 g/mol. The zero-order valence-corrected chi connectivity index (χ0v) is 9.50. The van der Waals surface area contributed by atoms with E-state index in [9.17, 15) is 0 Å². The Balaban J connectivity index is 0. The van der Waals surface area contributed by atoms with Crippen LogP contribution in [0.1, 0.15) is 20.8 Å². The lowest BCUT2D eigenvalue weighted by atomic mass is 9.97. The average Bonchev–Trinajstić information content (AvgIpc) is 1.85. The van der Waals surface area contributed by atoms with Crippen molar-refractivity contribution in [2.75, 3.05) is 19.0 Å². The zero-order valence-electron chi connectivity index (χ0n) is 7.93. The standard InChI is InChI=1S/C8H18ClNO.ClH/c1-8(2,3)6-10-5-7(11)4-9;/h7,10-11H,4-6H2,1-3H3;1H. The van der Waals surface area contributed by atoms with Gasteiger partial charge in [0.1, 0.15) is 0 Å². The topological polar surface area (TPSA) is 32.3 Å². The number of alkyl halides is 1. The second-order valence-corrected chi connectivity index (χ2v) is 4.31. The fraction of sp³-hybridized carbons (Fsp3) is 1.00. The fourth-order valence-electron chi connectivity index (χ4n) is 0.668. The Kier molecular flexibility index (Phi) is 8.69. The van der Waals surface area contributed by atoms with E-state index in [0.717, 1.165) is 6.54 Å². The van der Waals surface area contributed by atoms with Crippen molar-refractivity contribution in [3.63, 3.8) is 0 Å². The van der Waals surface area contributed by atoms with Crippen LogP contribution >= 0.6 is 24.0 Å². The summed E-state index contributed by atoms with van der Waals surface area (Å²) in [7, 11) is 0. The molecule has 0 aliphatic heterocycles. The molecule has 0 saturated carbocycles. The molecule has 0 aromatic carbocycles. The van der Waals surface area contributed by atoms with E-state index in [4.69, 9.17) is 16.7 Å². The molecule has 0 saturated heterocycles. The van der Waals surface area contributed by atoms with Crippen molar-refractivity contribution >= 4 is 24.0 Å². The predicted molar refractivity (Wildman–Crippen MR) is 56.3 cm³/mol. The van der Waals surface area contributed by atoms with Crippen molar-refractivity contribution in [3.05, 3.63) is 0 Å². The number of aliphatic hydroxyl groups is 1. The van der Waals surface area contributed by atoms with E-state index in [1.807, 2.05) is 0 Å². The SMILES string of the molecule is CC(C)(C)CNCC(O)CCl.Cl. The Morgan fingerprint density at radius 2 is 1.92 bits per heavy atom. The second-order valence-electron chi connectivity index (χ2n) is 4.00. The van der Waals surface area contributed by atoms with E-state index >= 15 is 0 Å². The molecule has 2 N–H and O–H groups in total. The summed E-state index contributed by atoms with van der Waals surface area (Å²) in [5, 5.41) is 12.2. The third-order valence-electron chi connectivity index (χ3n) is 1.21. The Morgan fingerprint density at radius 3 is 2.25 bits per heavy atom. The van der Waals surface area contributed by atoms with Gasteiger partial charge in [-0.2, -0.15) is 0 Å². The van der Waals surface area contributed by atoms with Gasteiger partial charge in [0.05, 0.1) is 6.10 Å². The minimum Gasteiger partial charge on any atom is -0.391 e. The average molecular weight is 216 g/mol. The Bertz CT molecular complexity index is 104. The first-order valence-electron chi connectivity index (χ1n) is 3.90. The van der Waals surface area contributed by atoms with Crippen LogP contribution in [0.25, 0.3) is 0 Å². The van der Waals surface area contributed by atoms with Crippen LogP contribution in [0.5, 0.6) is 0 Å². The molecule has 0 radical (unpaired) electrons. The van der Waals surface area contributed by atoms with Gasteiger partial charge < -0.3 is 10.4 Å². The van der Waals surface area contributed by atoms with Gasteiger partial charge in [0.25, 0.3) is 0 Å². The van der Waals surface area contributed by atoms with Gasteiger partial charge in [-0.25, -0.2) is 0 Å². The van der Waals surface area contributed by atoms with Crippen molar-refractivity contribution < 1.29 is 5.11 Å². The normalized spacial score (nSPS) is 13.8. The third-order valence-corrected chi connectivity index (χ3v) is 1.57. The highest BCUT2D eigenvalue weighted by atomic mass is 35.5. The lowest BCUT2D eigenvalue weighted by Gasteiger charge is -2.19. The van der Waals surface area contributed by atoms with E-state index in [1.165, 1.54) is 0 Å². The van der Waals surface area contributed by atoms with Crippen LogP contribution in [0.3, 0.4) is 0 Å². The number of halogens is 2. The van der Waals surface area contributed by atoms with Crippen LogP contribution in [-0.4, -0.2) is 30.2 Å². The first kappa shape index (κ1) is 15.0. The largest absolute Gasteiger partial charge is 0.391 e. The molecule has 0 heterocycles. The summed E-state index contributed by atoms with van der Waals surface area (Å²) in [4.78, 5) is 0. The minimum absolute atomic E-state index is 0. The van der Waals surface area contributed by atoms with E-state index < -0.39 is 6.10 Å². The van der Waals surface area contributed by atoms with Gasteiger partial charge in [0, 0.05) is 19.0 Å². The molecule has 12 heavy (non-hydrogen) atoms. The highest BCUT2D eigenvalue weighted by Gasteiger charge is 2.09. The van der Waals surface area contributed by atoms with Crippen LogP contribution in [0.4, 0.5) is 0 Å². The molecule has 0 aliphatic carbocycles. The van der Waals surface area contributed by atoms with Gasteiger partial charge in [-0.1, -0.05) is 20.8 Å². The molecule has 0 fully saturated rings. The molecule has 1 atom stereocenters. The highest BCUT2D eigenvalue weighted by molar-refractivity contribution is 6.18. The molecule has 76 valence electrons. The lowest BCUT2D eigenvalue weighted by molar-refractivity contribution is 0.189. The van der Waals surface area contributed by atoms with Gasteiger partial charge in [0.2, 0.25) is 0 Å². The third kappa shape index (κ3) is 10.5. The molecular formula is C8H19Cl2NO. The molecule has 0 spiro atoms. The summed E-state index contributed by atoms with van der Waals surface area (Å²) in [5.74, 6) is 0.303. The van der Waals surface area contributed by atoms with Crippen molar-refractivity contribution in [3.8, 4) is 0 Å². The van der Waals surface area contributed by atoms with Crippen molar-refractivity contribution in [1.82, 2.24) is 5.32 Å². The summed E-state index contributed by atoms with van der Waals surface area (Å²) < 4.78 is 0. The van der Waals surface area contributed by atoms with Gasteiger partial charge in [0.15, 0.2) is 0 Å². The molecule has 0 rings (SSSR count). The molecule has 0 bridgehead atoms. The fourth-order valence-corrected chi connectivity index (χ4v) is 0.777. The summed E-state index contributed by atoms with van der Waals surface area (Å²) >= 11 is 5.41. The lowest BCUT2D eigenvalue weighted by Crippen LogP contribution is -2.34. The van der Waals surface area contributed by atoms with E-state index in [0.29, 0.717) is 12.4 Å². The number of hydrogen-bond acceptors (Lipinski definition) is 2. The Hall–Kier alpha value is 0.500. The molecular weight excluding hydrogens is 197 g/mol. The van der Waals surface area contributed by atoms with Crippen LogP contribution < -0.4 is 5.32 Å². The van der Waals surface area contributed by atoms with E-state index in [2.05, 4.69) is 26.1 Å². The molecule has 0 aromatic rings. The second kappa shape index (κ2) is 6.96. The molecule has 0 aromatic heterocycles. The van der Waals surface area contributed by atoms with Crippen molar-refractivity contribution in [2.24, 2.45) is 5.41 Å². The van der Waals surface area contributed by atoms with Crippen LogP contribution in [0.2, 0.25) is 0 Å². The molecule has 0 aliphatic rings. The van der Waals surface area contributed by atoms with Gasteiger partial charge in [-0.15, -0.1) is 24.0 Å². The number of rotatable bonds is 4. The maximum absolute atomic E-state index is 9.06. The maximum Gasteiger partial charge on any atom is 0.0799 e. The smallest absolute Gasteiger partial charge is 0.0799 e. The highest BCUT2D eigenvalue weighted by Crippen LogP contribution is 2.09. The van der Waals surface area contributed by atoms with Crippen molar-refractivity contribution in [1.29, 1.82) is 0 Å². The zero-order chi connectivity index (χ0) is 8.91. The number of aliphatic hydroxyl groups excluding tert-OH is 1. The van der Waals surface area contributed by atoms with Crippen molar-refractivity contribution in [2.45, 2.75) is 26.9 Å². The van der Waals surface area contributed by atoms with Gasteiger partial charge in [-0.05, 0) is 5.41 Å². The molecule has 4 heteroatoms. The molecule has 1 unspecified atom stereocenters. The first-order chi connectivity index (χ1) is 4.95. The van der Waals surface area contributed by atoms with Crippen LogP contribution in [-0.2, 0) is 0 Å². The van der Waals surface area contributed by atoms with Gasteiger partial charge >= 0.3 is 0 Å². The molecule has 0 amide bonds. The van der Waals surface area contributed by atoms with Crippen LogP contribution in [0, 0.1) is 5.41 Å². The first-order valence-corrected chi connectivity index (χ1v) is 4.44. The van der Waals surface area contributed by atoms with E-state index in [-0.39, 0.29) is 17.8 Å². The summed E-state index contributed by atoms with van der Waals surface area (Å²) in [6.07, 6.45) is -0.418. The summed E-state index contributed by atoms with van der Waals surface area (Å²) in [6.45, 7) is 7.93. The molecule has 2 nitrogen and oxygen atoms in total. The Morgan fingerprint density at radius 1 is 1.42 bits per heavy atom. The summed E-state index contributed by atoms with van der Waals surface area (Å²) in [6, 6.07) is 0. The van der Waals surface area contributed by atoms with Crippen LogP contribution in [0.15, 0.2) is 0 Å². The Labute approximate surface area is 86.1 Å². The quantitative estimate of drug-likeness (QED) is 0.700. The van der Waals surface area contributed by atoms with Gasteiger partial charge in [-0.3, -0.25) is 0 Å². The maximum atomic E-state index is 9.06. The summed E-state index contributed by atoms with van der Waals surface area (Å²) in [5.41, 5.74) is 0.270. The minimum atomic E-state index is -0.418. The van der Waals surface area contributed by atoms with E-state index in [1.54, 1.807) is 0 Å². The number of nitrogens with one attached hydrogen (secondary N) is 1. The predicted octanol–water partition coefficient (Wildman–Crippen LogP) is 1.64. The number of hydrogen-bond donors (Lipinski definition) is 2.